The number of methoxy groups -OCH3 is 4. The van der Waals surface area contributed by atoms with Crippen LogP contribution >= 0.6 is 0 Å². The minimum absolute atomic E-state index is 0. The van der Waals surface area contributed by atoms with Crippen LogP contribution in [0.15, 0.2) is 168 Å². The smallest absolute Gasteiger partial charge is 0.643 e. The molecule has 0 aromatic heterocycles. The van der Waals surface area contributed by atoms with E-state index in [1.165, 1.54) is 45.1 Å². The predicted molar refractivity (Wildman–Crippen MR) is 491 cm³/mol. The summed E-state index contributed by atoms with van der Waals surface area (Å²) in [5.41, 5.74) is 20.0. The van der Waals surface area contributed by atoms with Crippen LogP contribution in [0.4, 0.5) is 28.4 Å². The Morgan fingerprint density at radius 1 is 0.301 bits per heavy atom. The molecule has 0 aliphatic carbocycles. The maximum absolute atomic E-state index is 12.8. The molecule has 8 rings (SSSR count). The Morgan fingerprint density at radius 2 is 0.528 bits per heavy atom. The van der Waals surface area contributed by atoms with Crippen LogP contribution in [0.5, 0.6) is 0 Å². The maximum atomic E-state index is 12.8. The molecule has 0 fully saturated rings. The minimum atomic E-state index is -0.733. The molecule has 0 atom stereocenters. The van der Waals surface area contributed by atoms with Crippen LogP contribution in [-0.4, -0.2) is 104 Å². The van der Waals surface area contributed by atoms with Crippen LogP contribution < -0.4 is 0 Å². The van der Waals surface area contributed by atoms with Gasteiger partial charge in [-0.05, 0) is 126 Å². The number of aryl methyl sites for hydroxylation is 14. The summed E-state index contributed by atoms with van der Waals surface area (Å²) in [5, 5.41) is 16.5. The number of amides is 4. The zero-order valence-corrected chi connectivity index (χ0v) is 82.4. The van der Waals surface area contributed by atoms with Crippen molar-refractivity contribution in [3.8, 4) is 0 Å². The van der Waals surface area contributed by atoms with Gasteiger partial charge in [0.25, 0.3) is 0 Å². The molecular weight excluding hydrogens is 1730 g/mol. The van der Waals surface area contributed by atoms with E-state index in [9.17, 15) is 47.9 Å². The van der Waals surface area contributed by atoms with Crippen molar-refractivity contribution < 1.29 is 133 Å². The fourth-order valence-electron chi connectivity index (χ4n) is 10.7. The molecule has 8 aromatic rings. The summed E-state index contributed by atoms with van der Waals surface area (Å²) in [6.45, 7) is 49.5. The van der Waals surface area contributed by atoms with Gasteiger partial charge in [-0.3, -0.25) is 33.8 Å². The normalized spacial score (nSPS) is 9.90. The monoisotopic (exact) mass is 1860 g/mol. The van der Waals surface area contributed by atoms with E-state index in [1.807, 2.05) is 177 Å². The number of para-hydroxylation sites is 1. The Balaban J connectivity index is -0.000000212. The van der Waals surface area contributed by atoms with Gasteiger partial charge < -0.3 is 89.1 Å². The van der Waals surface area contributed by atoms with Gasteiger partial charge in [0.2, 0.25) is 11.6 Å². The van der Waals surface area contributed by atoms with Gasteiger partial charge in [0.15, 0.2) is 0 Å². The third-order valence-electron chi connectivity index (χ3n) is 16.3. The molecule has 20 nitrogen and oxygen atoms in total. The molecule has 123 heavy (non-hydrogen) atoms. The van der Waals surface area contributed by atoms with Crippen molar-refractivity contribution in [3.05, 3.63) is 303 Å². The Labute approximate surface area is 777 Å². The van der Waals surface area contributed by atoms with Crippen molar-refractivity contribution in [1.29, 1.82) is 0 Å². The molecule has 0 aliphatic heterocycles. The van der Waals surface area contributed by atoms with Crippen molar-refractivity contribution in [2.24, 2.45) is 33.7 Å². The molecule has 0 saturated carbocycles. The summed E-state index contributed by atoms with van der Waals surface area (Å²) >= 11 is 0. The first-order chi connectivity index (χ1) is 53.7. The minimum Gasteiger partial charge on any atom is -0.643 e. The van der Waals surface area contributed by atoms with Gasteiger partial charge in [-0.1, -0.05) is 290 Å². The summed E-state index contributed by atoms with van der Waals surface area (Å²) in [7, 11) is 5.56. The molecule has 682 valence electrons. The van der Waals surface area contributed by atoms with E-state index in [0.29, 0.717) is 33.9 Å². The van der Waals surface area contributed by atoms with Crippen LogP contribution in [0.2, 0.25) is 0 Å². The van der Waals surface area contributed by atoms with Crippen LogP contribution in [-0.2, 0) is 123 Å². The van der Waals surface area contributed by atoms with Gasteiger partial charge >= 0.3 is 89.8 Å². The molecule has 0 heterocycles. The molecule has 0 radical (unpaired) electrons. The molecule has 0 spiro atoms. The van der Waals surface area contributed by atoms with Crippen molar-refractivity contribution >= 4 is 98.9 Å². The van der Waals surface area contributed by atoms with Crippen LogP contribution in [0.1, 0.15) is 187 Å². The summed E-state index contributed by atoms with van der Waals surface area (Å²) in [6, 6.07) is 48.4. The van der Waals surface area contributed by atoms with Gasteiger partial charge in [0.05, 0.1) is 80.8 Å². The number of rotatable bonds is 16. The average Bonchev–Trinajstić information content (AvgIpc) is 0.826. The summed E-state index contributed by atoms with van der Waals surface area (Å²) < 4.78 is 17.5. The molecule has 0 bridgehead atoms. The van der Waals surface area contributed by atoms with E-state index in [-0.39, 0.29) is 155 Å². The van der Waals surface area contributed by atoms with Crippen molar-refractivity contribution in [2.45, 2.75) is 186 Å². The molecule has 0 aliphatic rings. The number of Topliss-reactive ketones (excluding diaryl/α,β-unsaturated/α-hetero) is 2. The second-order valence-electron chi connectivity index (χ2n) is 29.7. The molecule has 8 aromatic carbocycles. The SMILES string of the molecule is CC(=Nc1c(C)cc(C)cc1C)C(=O)[N-]c1c(C)cc(C)cc1C.COC(=O)C(C)C.COC(=O)C(C)C.COC(=O)C(C)C.COC(=O)C(C)C.Cc1cc(C)c(N=C(C(=O)[N-]C(C)(C)C)c2ccccc2)c(C)c1.Cc1cc(C)c([N-]C(=O)C(=O)c2ccccc2)c(C)c1.Cc1cccc(C)c1[N-]C(=O)C(=O)c1ccccc1.[CH3-].[CH3-].[CH3-].[CH3-].[Ni+2].[Ni+2].[Ni+2].[Ni+2]. The first-order valence-electron chi connectivity index (χ1n) is 37.8. The van der Waals surface area contributed by atoms with Crippen LogP contribution in [0.25, 0.3) is 21.3 Å². The Bertz CT molecular complexity index is 4500. The fraction of sp³-hybridized carbons (Fsp3) is 0.354. The van der Waals surface area contributed by atoms with Crippen LogP contribution in [0, 0.1) is 150 Å². The Morgan fingerprint density at radius 3 is 0.764 bits per heavy atom. The number of ether oxygens (including phenoxy) is 4. The molecule has 24 heteroatoms. The van der Waals surface area contributed by atoms with Crippen molar-refractivity contribution in [1.82, 2.24) is 0 Å². The number of esters is 4. The summed E-state index contributed by atoms with van der Waals surface area (Å²) in [6.07, 6.45) is 0. The molecule has 0 saturated heterocycles. The Kier molecular flexibility index (Phi) is 67.9. The quantitative estimate of drug-likeness (QED) is 0.0165. The van der Waals surface area contributed by atoms with E-state index in [1.54, 1.807) is 123 Å². The van der Waals surface area contributed by atoms with E-state index in [4.69, 9.17) is 4.99 Å². The second kappa shape index (κ2) is 64.9. The largest absolute Gasteiger partial charge is 2.00 e. The van der Waals surface area contributed by atoms with E-state index in [2.05, 4.69) is 83.3 Å². The topological polar surface area (TPSA) is 289 Å². The van der Waals surface area contributed by atoms with Crippen molar-refractivity contribution in [3.63, 3.8) is 0 Å². The zero-order chi connectivity index (χ0) is 87.9. The number of benzene rings is 8. The molecule has 4 amide bonds. The summed E-state index contributed by atoms with van der Waals surface area (Å²) in [4.78, 5) is 123. The Hall–Kier alpha value is -9.83. The third kappa shape index (κ3) is 47.6. The number of aliphatic imine (C=N–C) groups is 2. The first kappa shape index (κ1) is 129. The van der Waals surface area contributed by atoms with Gasteiger partial charge in [0, 0.05) is 16.7 Å². The molecular formula is C99H132N6Ni4O14. The van der Waals surface area contributed by atoms with Gasteiger partial charge in [-0.15, -0.1) is 22.6 Å². The molecule has 0 unspecified atom stereocenters. The van der Waals surface area contributed by atoms with E-state index < -0.39 is 28.9 Å². The van der Waals surface area contributed by atoms with Gasteiger partial charge in [-0.25, -0.2) is 4.99 Å². The number of carbonyl (C=O) groups is 10. The van der Waals surface area contributed by atoms with E-state index >= 15 is 0 Å². The number of nitrogens with zero attached hydrogens (tertiary/aromatic N) is 6. The maximum Gasteiger partial charge on any atom is 2.00 e. The average molecular weight is 1860 g/mol. The zero-order valence-electron chi connectivity index (χ0n) is 78.5. The number of carbonyl (C=O) groups excluding carboxylic acids is 10. The number of ketones is 2. The standard InChI is InChI=1S/2C21H26N2O.C17H17NO2.C16H15NO2.4C5H10O2.4CH3.4Ni/c1-12-8-14(3)19(15(4)9-12)22-18(7)21(24)23-20-16(5)10-13(2)11-17(20)6;1-14-12-15(2)18(16(3)13-14)22-19(17-10-8-7-9-11-17)20(24)23-21(4,5)6;1-11-9-12(2)15(13(3)10-11)18-17(20)16(19)14-7-5-4-6-8-14;1-11-7-6-8-12(2)14(11)17-16(19)15(18)13-9-4-3-5-10-13;4*1-4(2)5(6)7-3;;;;;;;;/h8-11H,1-7H3,(H,23,24);7-13H,1-6H3,(H,23,24);4-10H,1-3H3,(H,18,20);3-10H,1-2H3,(H,17,19);4*4H,1-3H3;4*1H3;;;;/q;;;;;;;;4*-1;4*+2/p-4. The second-order valence-corrected chi connectivity index (χ2v) is 29.7. The summed E-state index contributed by atoms with van der Waals surface area (Å²) in [5.74, 6) is -3.79. The number of hydrogen-bond donors (Lipinski definition) is 0. The van der Waals surface area contributed by atoms with E-state index in [0.717, 1.165) is 83.8 Å². The third-order valence-corrected chi connectivity index (χ3v) is 16.3. The fourth-order valence-corrected chi connectivity index (χ4v) is 10.7. The predicted octanol–water partition coefficient (Wildman–Crippen LogP) is 24.1. The number of hydrogen-bond acceptors (Lipinski definition) is 16. The molecule has 0 N–H and O–H groups in total. The van der Waals surface area contributed by atoms with Crippen molar-refractivity contribution in [2.75, 3.05) is 28.4 Å². The van der Waals surface area contributed by atoms with Gasteiger partial charge in [-0.2, -0.15) is 0 Å². The van der Waals surface area contributed by atoms with Crippen LogP contribution in [0.3, 0.4) is 0 Å². The first-order valence-corrected chi connectivity index (χ1v) is 37.8. The van der Waals surface area contributed by atoms with Gasteiger partial charge in [0.1, 0.15) is 17.7 Å².